The van der Waals surface area contributed by atoms with Gasteiger partial charge in [-0.3, -0.25) is 0 Å². The van der Waals surface area contributed by atoms with Gasteiger partial charge in [0.05, 0.1) is 17.9 Å². The van der Waals surface area contributed by atoms with Gasteiger partial charge in [0.2, 0.25) is 0 Å². The summed E-state index contributed by atoms with van der Waals surface area (Å²) in [5.41, 5.74) is 0. The van der Waals surface area contributed by atoms with Crippen LogP contribution >= 0.6 is 85.3 Å². The number of phenols is 2. The van der Waals surface area contributed by atoms with Crippen LogP contribution in [-0.4, -0.2) is 10.2 Å². The highest BCUT2D eigenvalue weighted by molar-refractivity contribution is 9.11. The summed E-state index contributed by atoms with van der Waals surface area (Å²) in [4.78, 5) is 1.98. The van der Waals surface area contributed by atoms with Gasteiger partial charge in [0.1, 0.15) is 11.5 Å². The number of benzene rings is 2. The second-order valence-corrected chi connectivity index (χ2v) is 9.33. The monoisotopic (exact) mass is 562 g/mol. The van der Waals surface area contributed by atoms with Crippen LogP contribution in [0.4, 0.5) is 0 Å². The molecule has 0 radical (unpaired) electrons. The van der Waals surface area contributed by atoms with Crippen molar-refractivity contribution in [2.45, 2.75) is 9.79 Å². The molecule has 0 aliphatic rings. The second-order valence-electron chi connectivity index (χ2n) is 3.64. The van der Waals surface area contributed by atoms with E-state index in [1.165, 1.54) is 0 Å². The minimum atomic E-state index is 0.189. The third-order valence-corrected chi connectivity index (χ3v) is 6.98. The number of halogens is 4. The molecule has 0 unspecified atom stereocenters. The van der Waals surface area contributed by atoms with Gasteiger partial charge in [-0.25, -0.2) is 0 Å². The second kappa shape index (κ2) is 7.28. The minimum absolute atomic E-state index is 0.189. The first-order valence-electron chi connectivity index (χ1n) is 5.09. The van der Waals surface area contributed by atoms with Crippen molar-refractivity contribution in [2.24, 2.45) is 0 Å². The van der Waals surface area contributed by atoms with Crippen LogP contribution in [0.5, 0.6) is 11.5 Å². The lowest BCUT2D eigenvalue weighted by atomic mass is 10.3. The number of aromatic hydroxyl groups is 2. The van der Waals surface area contributed by atoms with Crippen molar-refractivity contribution in [1.29, 1.82) is 0 Å². The van der Waals surface area contributed by atoms with Crippen LogP contribution in [0, 0.1) is 0 Å². The fourth-order valence-corrected chi connectivity index (χ4v) is 6.27. The van der Waals surface area contributed by atoms with Crippen molar-refractivity contribution in [1.82, 2.24) is 0 Å². The Labute approximate surface area is 157 Å². The van der Waals surface area contributed by atoms with Crippen molar-refractivity contribution in [3.8, 4) is 11.5 Å². The number of hydrogen-bond donors (Lipinski definition) is 2. The van der Waals surface area contributed by atoms with E-state index in [1.807, 2.05) is 24.3 Å². The average molecular weight is 566 g/mol. The van der Waals surface area contributed by atoms with E-state index in [2.05, 4.69) is 63.7 Å². The average Bonchev–Trinajstić information content (AvgIpc) is 2.39. The van der Waals surface area contributed by atoms with Crippen LogP contribution in [0.1, 0.15) is 0 Å². The van der Waals surface area contributed by atoms with Crippen molar-refractivity contribution in [3.63, 3.8) is 0 Å². The molecule has 106 valence electrons. The fourth-order valence-electron chi connectivity index (χ4n) is 1.28. The fraction of sp³-hybridized carbons (Fsp3) is 0. The molecule has 0 amide bonds. The lowest BCUT2D eigenvalue weighted by Crippen LogP contribution is -1.77. The summed E-state index contributed by atoms with van der Waals surface area (Å²) >= 11 is 13.2. The number of phenolic OH excluding ortho intramolecular Hbond substituents is 2. The molecule has 0 saturated heterocycles. The summed E-state index contributed by atoms with van der Waals surface area (Å²) in [6, 6.07) is 7.40. The van der Waals surface area contributed by atoms with Crippen LogP contribution in [-0.2, 0) is 0 Å². The third-order valence-electron chi connectivity index (χ3n) is 2.21. The lowest BCUT2D eigenvalue weighted by molar-refractivity contribution is 0.467. The molecule has 20 heavy (non-hydrogen) atoms. The first-order chi connectivity index (χ1) is 9.38. The van der Waals surface area contributed by atoms with Gasteiger partial charge in [0, 0.05) is 9.79 Å². The van der Waals surface area contributed by atoms with Crippen LogP contribution in [0.2, 0.25) is 0 Å². The van der Waals surface area contributed by atoms with Crippen molar-refractivity contribution < 1.29 is 10.2 Å². The number of hydrogen-bond acceptors (Lipinski definition) is 4. The molecule has 2 N–H and O–H groups in total. The Morgan fingerprint density at radius 3 is 1.10 bits per heavy atom. The Morgan fingerprint density at radius 1 is 0.600 bits per heavy atom. The van der Waals surface area contributed by atoms with E-state index in [-0.39, 0.29) is 11.5 Å². The minimum Gasteiger partial charge on any atom is -0.506 e. The van der Waals surface area contributed by atoms with Gasteiger partial charge in [-0.2, -0.15) is 0 Å². The summed E-state index contributed by atoms with van der Waals surface area (Å²) in [5, 5.41) is 19.3. The Bertz CT molecular complexity index is 560. The molecule has 0 atom stereocenters. The molecule has 0 aliphatic heterocycles. The van der Waals surface area contributed by atoms with Gasteiger partial charge >= 0.3 is 0 Å². The molecule has 0 saturated carbocycles. The molecule has 2 rings (SSSR count). The predicted octanol–water partition coefficient (Wildman–Crippen LogP) is 6.95. The van der Waals surface area contributed by atoms with E-state index in [9.17, 15) is 10.2 Å². The maximum Gasteiger partial charge on any atom is 0.144 e. The summed E-state index contributed by atoms with van der Waals surface area (Å²) in [6.45, 7) is 0. The zero-order chi connectivity index (χ0) is 14.9. The molecule has 0 spiro atoms. The van der Waals surface area contributed by atoms with E-state index in [0.29, 0.717) is 17.9 Å². The third kappa shape index (κ3) is 4.10. The van der Waals surface area contributed by atoms with Crippen LogP contribution < -0.4 is 0 Å². The molecule has 2 aromatic carbocycles. The highest BCUT2D eigenvalue weighted by atomic mass is 79.9. The zero-order valence-corrected chi connectivity index (χ0v) is 17.5. The maximum atomic E-state index is 9.67. The summed E-state index contributed by atoms with van der Waals surface area (Å²) in [7, 11) is 3.11. The van der Waals surface area contributed by atoms with Gasteiger partial charge in [-0.15, -0.1) is 0 Å². The van der Waals surface area contributed by atoms with Crippen molar-refractivity contribution in [3.05, 3.63) is 42.2 Å². The molecular weight excluding hydrogens is 560 g/mol. The Morgan fingerprint density at radius 2 is 0.850 bits per heavy atom. The quantitative estimate of drug-likeness (QED) is 0.395. The zero-order valence-electron chi connectivity index (χ0n) is 9.53. The van der Waals surface area contributed by atoms with Crippen LogP contribution in [0.25, 0.3) is 0 Å². The molecule has 0 fully saturated rings. The Kier molecular flexibility index (Phi) is 6.20. The summed E-state index contributed by atoms with van der Waals surface area (Å²) in [6.07, 6.45) is 0. The van der Waals surface area contributed by atoms with E-state index in [0.717, 1.165) is 9.79 Å². The SMILES string of the molecule is Oc1c(Br)cc(SSc2cc(Br)c(O)c(Br)c2)cc1Br. The predicted molar refractivity (Wildman–Crippen MR) is 98.7 cm³/mol. The van der Waals surface area contributed by atoms with Gasteiger partial charge in [0.15, 0.2) is 0 Å². The molecule has 0 bridgehead atoms. The van der Waals surface area contributed by atoms with Crippen LogP contribution in [0.3, 0.4) is 0 Å². The normalized spacial score (nSPS) is 10.8. The van der Waals surface area contributed by atoms with Gasteiger partial charge < -0.3 is 10.2 Å². The summed E-state index contributed by atoms with van der Waals surface area (Å²) < 4.78 is 2.57. The molecule has 2 aromatic rings. The molecule has 0 aromatic heterocycles. The van der Waals surface area contributed by atoms with Gasteiger partial charge in [-0.1, -0.05) is 21.6 Å². The summed E-state index contributed by atoms with van der Waals surface area (Å²) in [5.74, 6) is 0.379. The van der Waals surface area contributed by atoms with E-state index < -0.39 is 0 Å². The molecular formula is C12H6Br4O2S2. The van der Waals surface area contributed by atoms with Crippen molar-refractivity contribution in [2.75, 3.05) is 0 Å². The highest BCUT2D eigenvalue weighted by Gasteiger charge is 2.09. The topological polar surface area (TPSA) is 40.5 Å². The first-order valence-corrected chi connectivity index (χ1v) is 10.4. The standard InChI is InChI=1S/C12H6Br4O2S2/c13-7-1-5(2-8(14)11(7)17)19-20-6-3-9(15)12(18)10(16)4-6/h1-4,17-18H. The van der Waals surface area contributed by atoms with Gasteiger partial charge in [0.25, 0.3) is 0 Å². The molecule has 0 heterocycles. The smallest absolute Gasteiger partial charge is 0.144 e. The number of rotatable bonds is 3. The van der Waals surface area contributed by atoms with E-state index >= 15 is 0 Å². The highest BCUT2D eigenvalue weighted by Crippen LogP contribution is 2.45. The maximum absolute atomic E-state index is 9.67. The first kappa shape index (κ1) is 17.0. The van der Waals surface area contributed by atoms with Crippen molar-refractivity contribution >= 4 is 85.3 Å². The Hall–Kier alpha value is 0.660. The van der Waals surface area contributed by atoms with Crippen LogP contribution in [0.15, 0.2) is 51.9 Å². The van der Waals surface area contributed by atoms with E-state index in [4.69, 9.17) is 0 Å². The molecule has 2 nitrogen and oxygen atoms in total. The van der Waals surface area contributed by atoms with E-state index in [1.54, 1.807) is 21.6 Å². The largest absolute Gasteiger partial charge is 0.506 e. The van der Waals surface area contributed by atoms with Gasteiger partial charge in [-0.05, 0) is 88.0 Å². The Balaban J connectivity index is 2.17. The molecule has 8 heteroatoms. The molecule has 0 aliphatic carbocycles. The lowest BCUT2D eigenvalue weighted by Gasteiger charge is -2.07.